The molecule has 1 saturated heterocycles. The second-order valence-corrected chi connectivity index (χ2v) is 6.84. The number of carbonyl (C=O) groups is 1. The number of carbonyl (C=O) groups excluding carboxylic acids is 1. The van der Waals surface area contributed by atoms with E-state index in [0.29, 0.717) is 11.5 Å². The average Bonchev–Trinajstić information content (AvgIpc) is 3.17. The fraction of sp³-hybridized carbons (Fsp3) is 0.933. The van der Waals surface area contributed by atoms with Crippen LogP contribution in [0, 0.1) is 5.41 Å². The first-order valence-corrected chi connectivity index (χ1v) is 7.56. The molecule has 0 spiro atoms. The summed E-state index contributed by atoms with van der Waals surface area (Å²) in [5.41, 5.74) is 0.444. The van der Waals surface area contributed by atoms with Gasteiger partial charge in [0, 0.05) is 12.6 Å². The van der Waals surface area contributed by atoms with E-state index in [-0.39, 0.29) is 12.0 Å². The first-order valence-electron chi connectivity index (χ1n) is 7.56. The number of esters is 1. The van der Waals surface area contributed by atoms with Gasteiger partial charge >= 0.3 is 5.97 Å². The van der Waals surface area contributed by atoms with Gasteiger partial charge in [-0.25, -0.2) is 0 Å². The fourth-order valence-electron chi connectivity index (χ4n) is 2.79. The maximum absolute atomic E-state index is 11.9. The van der Waals surface area contributed by atoms with E-state index in [0.717, 1.165) is 19.6 Å². The first-order chi connectivity index (χ1) is 9.00. The summed E-state index contributed by atoms with van der Waals surface area (Å²) in [6.45, 7) is 7.67. The van der Waals surface area contributed by atoms with Crippen LogP contribution in [0.2, 0.25) is 0 Å². The molecule has 0 radical (unpaired) electrons. The molecule has 4 heteroatoms. The summed E-state index contributed by atoms with van der Waals surface area (Å²) in [5.74, 6) is -0.115. The minimum absolute atomic E-state index is 0.115. The van der Waals surface area contributed by atoms with Crippen LogP contribution >= 0.6 is 0 Å². The quantitative estimate of drug-likeness (QED) is 0.772. The smallest absolute Gasteiger partial charge is 0.324 e. The van der Waals surface area contributed by atoms with Crippen molar-refractivity contribution in [2.75, 3.05) is 26.7 Å². The molecule has 0 aromatic heterocycles. The van der Waals surface area contributed by atoms with Gasteiger partial charge in [-0.2, -0.15) is 0 Å². The zero-order chi connectivity index (χ0) is 13.9. The van der Waals surface area contributed by atoms with Crippen molar-refractivity contribution >= 4 is 5.97 Å². The molecule has 1 saturated carbocycles. The van der Waals surface area contributed by atoms with Crippen molar-refractivity contribution < 1.29 is 9.53 Å². The molecular weight excluding hydrogens is 240 g/mol. The summed E-state index contributed by atoms with van der Waals surface area (Å²) in [5, 5.41) is 3.41. The second-order valence-electron chi connectivity index (χ2n) is 6.84. The Hall–Kier alpha value is -0.610. The molecule has 0 aromatic rings. The molecule has 1 atom stereocenters. The van der Waals surface area contributed by atoms with Gasteiger partial charge in [0.15, 0.2) is 0 Å². The molecule has 19 heavy (non-hydrogen) atoms. The topological polar surface area (TPSA) is 41.6 Å². The van der Waals surface area contributed by atoms with Gasteiger partial charge in [-0.15, -0.1) is 0 Å². The van der Waals surface area contributed by atoms with E-state index in [9.17, 15) is 4.79 Å². The summed E-state index contributed by atoms with van der Waals surface area (Å²) < 4.78 is 4.93. The Morgan fingerprint density at radius 2 is 2.11 bits per heavy atom. The SMILES string of the molecule is COC(=O)C(CN1CCCC(C)(C)CC1)NC1CC1. The number of likely N-dealkylation sites (tertiary alicyclic amines) is 1. The number of hydrogen-bond donors (Lipinski definition) is 1. The molecule has 2 aliphatic rings. The molecule has 1 aliphatic heterocycles. The van der Waals surface area contributed by atoms with Crippen molar-refractivity contribution in [2.24, 2.45) is 5.41 Å². The Labute approximate surface area is 116 Å². The van der Waals surface area contributed by atoms with Gasteiger partial charge in [0.1, 0.15) is 6.04 Å². The van der Waals surface area contributed by atoms with E-state index in [1.807, 2.05) is 0 Å². The molecule has 2 rings (SSSR count). The Kier molecular flexibility index (Phi) is 4.85. The Morgan fingerprint density at radius 3 is 2.74 bits per heavy atom. The van der Waals surface area contributed by atoms with Crippen LogP contribution in [0.4, 0.5) is 0 Å². The summed E-state index contributed by atoms with van der Waals surface area (Å²) in [6.07, 6.45) is 6.11. The first kappa shape index (κ1) is 14.8. The summed E-state index contributed by atoms with van der Waals surface area (Å²) in [4.78, 5) is 14.3. The van der Waals surface area contributed by atoms with Crippen LogP contribution in [0.1, 0.15) is 46.0 Å². The predicted octanol–water partition coefficient (Wildman–Crippen LogP) is 1.79. The van der Waals surface area contributed by atoms with Crippen LogP contribution in [-0.2, 0) is 9.53 Å². The second kappa shape index (κ2) is 6.23. The molecule has 110 valence electrons. The van der Waals surface area contributed by atoms with Gasteiger partial charge in [-0.3, -0.25) is 4.79 Å². The van der Waals surface area contributed by atoms with Gasteiger partial charge in [-0.05, 0) is 50.6 Å². The van der Waals surface area contributed by atoms with Gasteiger partial charge in [-0.1, -0.05) is 13.8 Å². The highest BCUT2D eigenvalue weighted by Gasteiger charge is 2.31. The van der Waals surface area contributed by atoms with Crippen LogP contribution in [-0.4, -0.2) is 49.7 Å². The van der Waals surface area contributed by atoms with Crippen LogP contribution in [0.3, 0.4) is 0 Å². The Bertz CT molecular complexity index is 313. The Morgan fingerprint density at radius 1 is 1.37 bits per heavy atom. The lowest BCUT2D eigenvalue weighted by Crippen LogP contribution is -2.48. The summed E-state index contributed by atoms with van der Waals surface area (Å²) >= 11 is 0. The third-order valence-corrected chi connectivity index (χ3v) is 4.37. The van der Waals surface area contributed by atoms with Crippen molar-refractivity contribution in [3.8, 4) is 0 Å². The normalized spacial score (nSPS) is 25.6. The highest BCUT2D eigenvalue weighted by Crippen LogP contribution is 2.29. The zero-order valence-corrected chi connectivity index (χ0v) is 12.6. The molecule has 0 bridgehead atoms. The van der Waals surface area contributed by atoms with Crippen molar-refractivity contribution in [1.82, 2.24) is 10.2 Å². The lowest BCUT2D eigenvalue weighted by atomic mass is 9.85. The van der Waals surface area contributed by atoms with Crippen molar-refractivity contribution in [3.05, 3.63) is 0 Å². The van der Waals surface area contributed by atoms with Crippen LogP contribution < -0.4 is 5.32 Å². The van der Waals surface area contributed by atoms with Crippen LogP contribution in [0.5, 0.6) is 0 Å². The zero-order valence-electron chi connectivity index (χ0n) is 12.6. The molecule has 1 unspecified atom stereocenters. The maximum atomic E-state index is 11.9. The standard InChI is InChI=1S/C15H28N2O2/c1-15(2)7-4-9-17(10-8-15)11-13(14(18)19-3)16-12-5-6-12/h12-13,16H,4-11H2,1-3H3. The van der Waals surface area contributed by atoms with Crippen molar-refractivity contribution in [3.63, 3.8) is 0 Å². The van der Waals surface area contributed by atoms with E-state index >= 15 is 0 Å². The molecule has 2 fully saturated rings. The monoisotopic (exact) mass is 268 g/mol. The largest absolute Gasteiger partial charge is 0.468 e. The minimum atomic E-state index is -0.154. The molecule has 1 N–H and O–H groups in total. The number of methoxy groups -OCH3 is 1. The number of nitrogens with one attached hydrogen (secondary N) is 1. The number of ether oxygens (including phenoxy) is 1. The number of hydrogen-bond acceptors (Lipinski definition) is 4. The molecule has 1 heterocycles. The van der Waals surface area contributed by atoms with Crippen LogP contribution in [0.25, 0.3) is 0 Å². The maximum Gasteiger partial charge on any atom is 0.324 e. The number of nitrogens with zero attached hydrogens (tertiary/aromatic N) is 1. The van der Waals surface area contributed by atoms with E-state index in [1.54, 1.807) is 0 Å². The van der Waals surface area contributed by atoms with Crippen molar-refractivity contribution in [1.29, 1.82) is 0 Å². The molecule has 1 aliphatic carbocycles. The lowest BCUT2D eigenvalue weighted by molar-refractivity contribution is -0.143. The van der Waals surface area contributed by atoms with Gasteiger partial charge < -0.3 is 15.0 Å². The van der Waals surface area contributed by atoms with E-state index in [2.05, 4.69) is 24.1 Å². The molecule has 4 nitrogen and oxygen atoms in total. The highest BCUT2D eigenvalue weighted by molar-refractivity contribution is 5.76. The van der Waals surface area contributed by atoms with E-state index in [1.165, 1.54) is 39.2 Å². The predicted molar refractivity (Wildman–Crippen MR) is 76.0 cm³/mol. The summed E-state index contributed by atoms with van der Waals surface area (Å²) in [7, 11) is 1.48. The van der Waals surface area contributed by atoms with Gasteiger partial charge in [0.2, 0.25) is 0 Å². The molecule has 0 aromatic carbocycles. The Balaban J connectivity index is 1.86. The lowest BCUT2D eigenvalue weighted by Gasteiger charge is -2.26. The molecular formula is C15H28N2O2. The third-order valence-electron chi connectivity index (χ3n) is 4.37. The van der Waals surface area contributed by atoms with Gasteiger partial charge in [0.05, 0.1) is 7.11 Å². The summed E-state index contributed by atoms with van der Waals surface area (Å²) in [6, 6.07) is 0.381. The fourth-order valence-corrected chi connectivity index (χ4v) is 2.79. The van der Waals surface area contributed by atoms with Crippen molar-refractivity contribution in [2.45, 2.75) is 58.0 Å². The van der Waals surface area contributed by atoms with Gasteiger partial charge in [0.25, 0.3) is 0 Å². The van der Waals surface area contributed by atoms with Crippen LogP contribution in [0.15, 0.2) is 0 Å². The number of rotatable bonds is 5. The minimum Gasteiger partial charge on any atom is -0.468 e. The van der Waals surface area contributed by atoms with E-state index in [4.69, 9.17) is 4.74 Å². The average molecular weight is 268 g/mol. The third kappa shape index (κ3) is 4.77. The van der Waals surface area contributed by atoms with E-state index < -0.39 is 0 Å². The highest BCUT2D eigenvalue weighted by atomic mass is 16.5. The molecule has 0 amide bonds.